The van der Waals surface area contributed by atoms with Gasteiger partial charge >= 0.3 is 0 Å². The molecule has 90 valence electrons. The molecule has 0 amide bonds. The Morgan fingerprint density at radius 1 is 1.39 bits per heavy atom. The molecule has 0 aliphatic heterocycles. The first-order valence-electron chi connectivity index (χ1n) is 5.42. The molecule has 0 atom stereocenters. The topological polar surface area (TPSA) is 48.0 Å². The van der Waals surface area contributed by atoms with Crippen LogP contribution in [0.25, 0.3) is 11.0 Å². The summed E-state index contributed by atoms with van der Waals surface area (Å²) in [6, 6.07) is 9.31. The third-order valence-corrected chi connectivity index (χ3v) is 3.02. The minimum atomic E-state index is -0.0956. The predicted octanol–water partition coefficient (Wildman–Crippen LogP) is 3.27. The summed E-state index contributed by atoms with van der Waals surface area (Å²) in [4.78, 5) is 12.0. The van der Waals surface area contributed by atoms with Crippen molar-refractivity contribution in [3.8, 4) is 0 Å². The van der Waals surface area contributed by atoms with Gasteiger partial charge in [0.1, 0.15) is 12.1 Å². The molecule has 4 nitrogen and oxygen atoms in total. The summed E-state index contributed by atoms with van der Waals surface area (Å²) in [5.74, 6) is 0.268. The van der Waals surface area contributed by atoms with Crippen LogP contribution in [-0.4, -0.2) is 15.6 Å². The smallest absolute Gasteiger partial charge is 0.219 e. The van der Waals surface area contributed by atoms with E-state index in [0.717, 1.165) is 15.4 Å². The van der Waals surface area contributed by atoms with Crippen LogP contribution in [0.4, 0.5) is 0 Å². The summed E-state index contributed by atoms with van der Waals surface area (Å²) in [5.41, 5.74) is 0.725. The number of hydrogen-bond donors (Lipinski definition) is 0. The van der Waals surface area contributed by atoms with E-state index in [1.54, 1.807) is 23.1 Å². The summed E-state index contributed by atoms with van der Waals surface area (Å²) in [5, 5.41) is 4.98. The molecule has 3 aromatic rings. The number of halogens is 1. The second-order valence-corrected chi connectivity index (χ2v) is 4.84. The van der Waals surface area contributed by atoms with Gasteiger partial charge in [-0.05, 0) is 28.1 Å². The maximum atomic E-state index is 12.0. The van der Waals surface area contributed by atoms with Gasteiger partial charge in [0, 0.05) is 11.6 Å². The van der Waals surface area contributed by atoms with E-state index in [0.29, 0.717) is 5.76 Å². The Morgan fingerprint density at radius 3 is 2.94 bits per heavy atom. The molecule has 0 saturated carbocycles. The van der Waals surface area contributed by atoms with Crippen LogP contribution in [0.5, 0.6) is 0 Å². The van der Waals surface area contributed by atoms with Crippen molar-refractivity contribution < 1.29 is 9.21 Å². The molecule has 0 fully saturated rings. The molecule has 0 bridgehead atoms. The van der Waals surface area contributed by atoms with Gasteiger partial charge < -0.3 is 4.42 Å². The standard InChI is InChI=1S/C13H9BrN2O2/c14-10-6-15-16(7-10)8-11(17)13-5-9-3-1-2-4-12(9)18-13/h1-7H,8H2. The van der Waals surface area contributed by atoms with Gasteiger partial charge in [0.15, 0.2) is 5.76 Å². The van der Waals surface area contributed by atoms with Crippen LogP contribution in [0.1, 0.15) is 10.6 Å². The highest BCUT2D eigenvalue weighted by molar-refractivity contribution is 9.10. The molecule has 0 saturated heterocycles. The number of rotatable bonds is 3. The molecule has 2 heterocycles. The Morgan fingerprint density at radius 2 is 2.22 bits per heavy atom. The van der Waals surface area contributed by atoms with Gasteiger partial charge in [-0.2, -0.15) is 5.10 Å². The number of benzene rings is 1. The van der Waals surface area contributed by atoms with Crippen molar-refractivity contribution in [1.82, 2.24) is 9.78 Å². The number of ketones is 1. The van der Waals surface area contributed by atoms with Crippen molar-refractivity contribution >= 4 is 32.7 Å². The maximum absolute atomic E-state index is 12.0. The molecule has 3 rings (SSSR count). The second-order valence-electron chi connectivity index (χ2n) is 3.93. The number of hydrogen-bond acceptors (Lipinski definition) is 3. The zero-order valence-corrected chi connectivity index (χ0v) is 10.9. The van der Waals surface area contributed by atoms with Crippen molar-refractivity contribution in [3.05, 3.63) is 53.0 Å². The number of carbonyl (C=O) groups excluding carboxylic acids is 1. The van der Waals surface area contributed by atoms with E-state index in [1.807, 2.05) is 24.3 Å². The Labute approximate surface area is 111 Å². The van der Waals surface area contributed by atoms with Crippen LogP contribution in [0.2, 0.25) is 0 Å². The molecular formula is C13H9BrN2O2. The highest BCUT2D eigenvalue weighted by atomic mass is 79.9. The Kier molecular flexibility index (Phi) is 2.76. The van der Waals surface area contributed by atoms with E-state index in [2.05, 4.69) is 21.0 Å². The molecule has 0 unspecified atom stereocenters. The van der Waals surface area contributed by atoms with E-state index < -0.39 is 0 Å². The molecule has 5 heteroatoms. The molecular weight excluding hydrogens is 296 g/mol. The Bertz CT molecular complexity index is 681. The summed E-state index contributed by atoms with van der Waals surface area (Å²) in [7, 11) is 0. The fourth-order valence-electron chi connectivity index (χ4n) is 1.77. The number of para-hydroxylation sites is 1. The van der Waals surface area contributed by atoms with Crippen LogP contribution in [0, 0.1) is 0 Å². The first-order chi connectivity index (χ1) is 8.72. The van der Waals surface area contributed by atoms with Gasteiger partial charge in [0.05, 0.1) is 10.7 Å². The SMILES string of the molecule is O=C(Cn1cc(Br)cn1)c1cc2ccccc2o1. The average molecular weight is 305 g/mol. The number of nitrogens with zero attached hydrogens (tertiary/aromatic N) is 2. The van der Waals surface area contributed by atoms with Gasteiger partial charge in [0.25, 0.3) is 0 Å². The first kappa shape index (κ1) is 11.2. The van der Waals surface area contributed by atoms with Crippen molar-refractivity contribution in [2.45, 2.75) is 6.54 Å². The lowest BCUT2D eigenvalue weighted by Gasteiger charge is -1.97. The molecule has 0 aliphatic carbocycles. The van der Waals surface area contributed by atoms with E-state index in [1.165, 1.54) is 0 Å². The van der Waals surface area contributed by atoms with Crippen molar-refractivity contribution in [3.63, 3.8) is 0 Å². The number of furan rings is 1. The minimum Gasteiger partial charge on any atom is -0.453 e. The molecule has 2 aromatic heterocycles. The van der Waals surface area contributed by atoms with Gasteiger partial charge in [-0.15, -0.1) is 0 Å². The van der Waals surface area contributed by atoms with Crippen LogP contribution < -0.4 is 0 Å². The first-order valence-corrected chi connectivity index (χ1v) is 6.21. The Balaban J connectivity index is 1.87. The lowest BCUT2D eigenvalue weighted by molar-refractivity contribution is 0.0942. The predicted molar refractivity (Wildman–Crippen MR) is 70.5 cm³/mol. The molecule has 1 aromatic carbocycles. The van der Waals surface area contributed by atoms with Crippen LogP contribution in [-0.2, 0) is 6.54 Å². The summed E-state index contributed by atoms with van der Waals surface area (Å²) in [6.07, 6.45) is 3.40. The van der Waals surface area contributed by atoms with E-state index >= 15 is 0 Å². The molecule has 0 spiro atoms. The molecule has 0 aliphatic rings. The summed E-state index contributed by atoms with van der Waals surface area (Å²) >= 11 is 3.29. The molecule has 0 radical (unpaired) electrons. The fraction of sp³-hybridized carbons (Fsp3) is 0.0769. The summed E-state index contributed by atoms with van der Waals surface area (Å²) in [6.45, 7) is 0.172. The van der Waals surface area contributed by atoms with Gasteiger partial charge in [0.2, 0.25) is 5.78 Å². The van der Waals surface area contributed by atoms with Gasteiger partial charge in [-0.25, -0.2) is 0 Å². The van der Waals surface area contributed by atoms with Crippen molar-refractivity contribution in [1.29, 1.82) is 0 Å². The van der Waals surface area contributed by atoms with E-state index in [4.69, 9.17) is 4.42 Å². The van der Waals surface area contributed by atoms with Crippen molar-refractivity contribution in [2.75, 3.05) is 0 Å². The minimum absolute atomic E-state index is 0.0956. The average Bonchev–Trinajstić information content (AvgIpc) is 2.95. The van der Waals surface area contributed by atoms with Crippen LogP contribution in [0.3, 0.4) is 0 Å². The normalized spacial score (nSPS) is 10.9. The van der Waals surface area contributed by atoms with Gasteiger partial charge in [-0.3, -0.25) is 9.48 Å². The lowest BCUT2D eigenvalue weighted by atomic mass is 10.2. The monoisotopic (exact) mass is 304 g/mol. The number of fused-ring (bicyclic) bond motifs is 1. The largest absolute Gasteiger partial charge is 0.453 e. The highest BCUT2D eigenvalue weighted by Crippen LogP contribution is 2.19. The van der Waals surface area contributed by atoms with Gasteiger partial charge in [-0.1, -0.05) is 18.2 Å². The third-order valence-electron chi connectivity index (χ3n) is 2.61. The second kappa shape index (κ2) is 4.42. The quantitative estimate of drug-likeness (QED) is 0.698. The zero-order chi connectivity index (χ0) is 12.5. The molecule has 0 N–H and O–H groups in total. The van der Waals surface area contributed by atoms with Crippen LogP contribution >= 0.6 is 15.9 Å². The van der Waals surface area contributed by atoms with Crippen molar-refractivity contribution in [2.24, 2.45) is 0 Å². The number of carbonyl (C=O) groups is 1. The van der Waals surface area contributed by atoms with E-state index in [9.17, 15) is 4.79 Å². The number of aromatic nitrogens is 2. The third kappa shape index (κ3) is 2.09. The fourth-order valence-corrected chi connectivity index (χ4v) is 2.10. The molecule has 18 heavy (non-hydrogen) atoms. The highest BCUT2D eigenvalue weighted by Gasteiger charge is 2.13. The summed E-state index contributed by atoms with van der Waals surface area (Å²) < 4.78 is 7.92. The zero-order valence-electron chi connectivity index (χ0n) is 9.34. The lowest BCUT2D eigenvalue weighted by Crippen LogP contribution is -2.09. The Hall–Kier alpha value is -1.88. The maximum Gasteiger partial charge on any atom is 0.219 e. The number of Topliss-reactive ketones (excluding diaryl/α,β-unsaturated/α-hetero) is 1. The van der Waals surface area contributed by atoms with Crippen LogP contribution in [0.15, 0.2) is 51.6 Å². The van der Waals surface area contributed by atoms with E-state index in [-0.39, 0.29) is 12.3 Å².